The minimum absolute atomic E-state index is 0.373. The van der Waals surface area contributed by atoms with Gasteiger partial charge in [-0.05, 0) is 24.4 Å². The predicted octanol–water partition coefficient (Wildman–Crippen LogP) is 3.45. The third-order valence-corrected chi connectivity index (χ3v) is 3.83. The molecule has 2 heterocycles. The maximum Gasteiger partial charge on any atom is 0.331 e. The molecule has 0 amide bonds. The van der Waals surface area contributed by atoms with Gasteiger partial charge in [-0.1, -0.05) is 0 Å². The lowest BCUT2D eigenvalue weighted by Gasteiger charge is -1.89. The average Bonchev–Trinajstić information content (AvgIpc) is 2.63. The first kappa shape index (κ1) is 9.43. The monoisotopic (exact) mass is 224 g/mol. The minimum Gasteiger partial charge on any atom is -0.478 e. The Morgan fingerprint density at radius 1 is 1.50 bits per heavy atom. The normalized spacial score (nSPS) is 12.2. The molecule has 0 aliphatic carbocycles. The van der Waals surface area contributed by atoms with Crippen molar-refractivity contribution in [2.24, 2.45) is 0 Å². The Kier molecular flexibility index (Phi) is 2.39. The highest BCUT2D eigenvalue weighted by Crippen LogP contribution is 2.29. The molecule has 0 fully saturated rings. The lowest BCUT2D eigenvalue weighted by atomic mass is 10.2. The third-order valence-electron chi connectivity index (χ3n) is 1.88. The van der Waals surface area contributed by atoms with E-state index in [-0.39, 0.29) is 0 Å². The van der Waals surface area contributed by atoms with Crippen LogP contribution in [0.25, 0.3) is 16.2 Å². The number of fused-ring (bicyclic) bond motifs is 1. The Hall–Kier alpha value is -1.13. The van der Waals surface area contributed by atoms with Crippen molar-refractivity contribution in [3.8, 4) is 0 Å². The summed E-state index contributed by atoms with van der Waals surface area (Å²) in [7, 11) is 0. The van der Waals surface area contributed by atoms with E-state index in [4.69, 9.17) is 5.11 Å². The molecule has 0 aliphatic heterocycles. The largest absolute Gasteiger partial charge is 0.478 e. The number of carbonyl (C=O) groups is 1. The van der Waals surface area contributed by atoms with E-state index < -0.39 is 5.97 Å². The molecule has 2 aromatic heterocycles. The van der Waals surface area contributed by atoms with E-state index in [9.17, 15) is 4.79 Å². The van der Waals surface area contributed by atoms with Crippen molar-refractivity contribution in [3.63, 3.8) is 0 Å². The summed E-state index contributed by atoms with van der Waals surface area (Å²) in [4.78, 5) is 11.6. The summed E-state index contributed by atoms with van der Waals surface area (Å²) in [5.41, 5.74) is 0.373. The van der Waals surface area contributed by atoms with Crippen molar-refractivity contribution in [3.05, 3.63) is 27.3 Å². The lowest BCUT2D eigenvalue weighted by Crippen LogP contribution is -1.94. The summed E-state index contributed by atoms with van der Waals surface area (Å²) in [6.45, 7) is 1.61. The van der Waals surface area contributed by atoms with Crippen molar-refractivity contribution in [2.45, 2.75) is 6.92 Å². The van der Waals surface area contributed by atoms with Crippen LogP contribution < -0.4 is 0 Å². The Labute approximate surface area is 89.1 Å². The Balaban J connectivity index is 2.40. The SMILES string of the molecule is C/C(=C/c1cc2cscc2s1)C(=O)O. The molecule has 72 valence electrons. The molecule has 2 aromatic rings. The molecule has 0 atom stereocenters. The van der Waals surface area contributed by atoms with E-state index in [0.717, 1.165) is 4.88 Å². The summed E-state index contributed by atoms with van der Waals surface area (Å²) >= 11 is 3.29. The van der Waals surface area contributed by atoms with Crippen molar-refractivity contribution < 1.29 is 9.90 Å². The first-order chi connectivity index (χ1) is 6.66. The molecule has 0 saturated carbocycles. The first-order valence-electron chi connectivity index (χ1n) is 4.04. The second-order valence-corrected chi connectivity index (χ2v) is 4.83. The van der Waals surface area contributed by atoms with Gasteiger partial charge in [-0.25, -0.2) is 4.79 Å². The van der Waals surface area contributed by atoms with Crippen LogP contribution in [0.5, 0.6) is 0 Å². The van der Waals surface area contributed by atoms with Crippen LogP contribution in [-0.2, 0) is 4.79 Å². The smallest absolute Gasteiger partial charge is 0.331 e. The van der Waals surface area contributed by atoms with Crippen LogP contribution in [-0.4, -0.2) is 11.1 Å². The molecule has 0 aliphatic rings. The molecule has 0 saturated heterocycles. The zero-order chi connectivity index (χ0) is 10.1. The zero-order valence-electron chi connectivity index (χ0n) is 7.48. The van der Waals surface area contributed by atoms with Gasteiger partial charge < -0.3 is 5.11 Å². The topological polar surface area (TPSA) is 37.3 Å². The second kappa shape index (κ2) is 3.55. The van der Waals surface area contributed by atoms with Crippen molar-refractivity contribution in [1.82, 2.24) is 0 Å². The van der Waals surface area contributed by atoms with Gasteiger partial charge in [0.15, 0.2) is 0 Å². The highest BCUT2D eigenvalue weighted by atomic mass is 32.1. The van der Waals surface area contributed by atoms with Crippen LogP contribution in [0.15, 0.2) is 22.4 Å². The standard InChI is InChI=1S/C10H8O2S2/c1-6(10(11)12)2-8-3-7-4-13-5-9(7)14-8/h2-5H,1H3,(H,11,12)/b6-2-. The van der Waals surface area contributed by atoms with E-state index in [2.05, 4.69) is 10.8 Å². The summed E-state index contributed by atoms with van der Waals surface area (Å²) in [5, 5.41) is 14.1. The number of rotatable bonds is 2. The van der Waals surface area contributed by atoms with Crippen LogP contribution in [0.3, 0.4) is 0 Å². The third kappa shape index (κ3) is 1.71. The fourth-order valence-corrected chi connectivity index (χ4v) is 3.15. The first-order valence-corrected chi connectivity index (χ1v) is 5.80. The van der Waals surface area contributed by atoms with Gasteiger partial charge >= 0.3 is 5.97 Å². The molecule has 0 unspecified atom stereocenters. The molecule has 14 heavy (non-hydrogen) atoms. The lowest BCUT2D eigenvalue weighted by molar-refractivity contribution is -0.132. The van der Waals surface area contributed by atoms with Gasteiger partial charge in [-0.2, -0.15) is 11.3 Å². The van der Waals surface area contributed by atoms with Gasteiger partial charge in [-0.3, -0.25) is 0 Å². The van der Waals surface area contributed by atoms with E-state index in [1.54, 1.807) is 35.7 Å². The van der Waals surface area contributed by atoms with Gasteiger partial charge in [0.1, 0.15) is 0 Å². The van der Waals surface area contributed by atoms with Gasteiger partial charge in [0.2, 0.25) is 0 Å². The van der Waals surface area contributed by atoms with Gasteiger partial charge in [-0.15, -0.1) is 11.3 Å². The maximum absolute atomic E-state index is 10.6. The molecule has 0 radical (unpaired) electrons. The van der Waals surface area contributed by atoms with Crippen molar-refractivity contribution in [1.29, 1.82) is 0 Å². The maximum atomic E-state index is 10.6. The van der Waals surface area contributed by atoms with Crippen LogP contribution in [0.2, 0.25) is 0 Å². The van der Waals surface area contributed by atoms with Crippen LogP contribution in [0, 0.1) is 0 Å². The van der Waals surface area contributed by atoms with Gasteiger partial charge in [0.25, 0.3) is 0 Å². The zero-order valence-corrected chi connectivity index (χ0v) is 9.11. The van der Waals surface area contributed by atoms with E-state index in [1.807, 2.05) is 6.07 Å². The molecule has 0 spiro atoms. The summed E-state index contributed by atoms with van der Waals surface area (Å²) < 4.78 is 1.22. The van der Waals surface area contributed by atoms with E-state index in [0.29, 0.717) is 5.57 Å². The summed E-state index contributed by atoms with van der Waals surface area (Å²) in [6.07, 6.45) is 1.71. The molecule has 2 nitrogen and oxygen atoms in total. The van der Waals surface area contributed by atoms with Crippen LogP contribution in [0.1, 0.15) is 11.8 Å². The predicted molar refractivity (Wildman–Crippen MR) is 61.0 cm³/mol. The van der Waals surface area contributed by atoms with Crippen molar-refractivity contribution >= 4 is 44.8 Å². The Morgan fingerprint density at radius 3 is 2.93 bits per heavy atom. The molecular formula is C10H8O2S2. The molecule has 4 heteroatoms. The molecule has 1 N–H and O–H groups in total. The summed E-state index contributed by atoms with van der Waals surface area (Å²) in [6, 6.07) is 2.02. The molecule has 2 rings (SSSR count). The second-order valence-electron chi connectivity index (χ2n) is 2.97. The van der Waals surface area contributed by atoms with E-state index in [1.165, 1.54) is 10.1 Å². The summed E-state index contributed by atoms with van der Waals surface area (Å²) in [5.74, 6) is -0.860. The number of thiophene rings is 2. The minimum atomic E-state index is -0.860. The van der Waals surface area contributed by atoms with Crippen LogP contribution in [0.4, 0.5) is 0 Å². The Morgan fingerprint density at radius 2 is 2.29 bits per heavy atom. The molecular weight excluding hydrogens is 216 g/mol. The highest BCUT2D eigenvalue weighted by Gasteiger charge is 2.03. The van der Waals surface area contributed by atoms with Crippen LogP contribution >= 0.6 is 22.7 Å². The van der Waals surface area contributed by atoms with Crippen molar-refractivity contribution in [2.75, 3.05) is 0 Å². The van der Waals surface area contributed by atoms with Gasteiger partial charge in [0, 0.05) is 25.9 Å². The highest BCUT2D eigenvalue weighted by molar-refractivity contribution is 7.23. The Bertz CT molecular complexity index is 476. The number of hydrogen-bond donors (Lipinski definition) is 1. The fraction of sp³-hybridized carbons (Fsp3) is 0.100. The number of carboxylic acid groups (broad SMARTS) is 1. The quantitative estimate of drug-likeness (QED) is 0.793. The van der Waals surface area contributed by atoms with Gasteiger partial charge in [0.05, 0.1) is 0 Å². The van der Waals surface area contributed by atoms with E-state index >= 15 is 0 Å². The molecule has 0 bridgehead atoms. The fourth-order valence-electron chi connectivity index (χ4n) is 1.14. The number of hydrogen-bond acceptors (Lipinski definition) is 3. The average molecular weight is 224 g/mol. The molecule has 0 aromatic carbocycles. The number of carboxylic acids is 1. The number of aliphatic carboxylic acids is 1.